The highest BCUT2D eigenvalue weighted by Crippen LogP contribution is 2.23. The summed E-state index contributed by atoms with van der Waals surface area (Å²) in [6, 6.07) is 16.7. The molecule has 2 aromatic heterocycles. The maximum atomic E-state index is 12.6. The summed E-state index contributed by atoms with van der Waals surface area (Å²) in [6.07, 6.45) is 0. The van der Waals surface area contributed by atoms with E-state index in [0.717, 1.165) is 17.1 Å². The van der Waals surface area contributed by atoms with Crippen LogP contribution >= 0.6 is 12.2 Å². The van der Waals surface area contributed by atoms with Gasteiger partial charge < -0.3 is 4.57 Å². The smallest absolute Gasteiger partial charge is 0.299 e. The van der Waals surface area contributed by atoms with Gasteiger partial charge in [0.15, 0.2) is 16.3 Å². The number of benzene rings is 2. The van der Waals surface area contributed by atoms with Crippen molar-refractivity contribution in [3.8, 4) is 17.1 Å². The van der Waals surface area contributed by atoms with Crippen LogP contribution in [0.25, 0.3) is 17.1 Å². The normalized spacial score (nSPS) is 11.4. The second-order valence-corrected chi connectivity index (χ2v) is 6.61. The first-order chi connectivity index (χ1) is 13.5. The third kappa shape index (κ3) is 3.23. The number of aromatic nitrogens is 5. The SMILES string of the molecule is Cc1[nH]n(-c2ccccc2)c(=O)c1N=Nc1ccc(-c2n[nH]c(=S)n2C)cc1. The van der Waals surface area contributed by atoms with Gasteiger partial charge in [0, 0.05) is 12.6 Å². The summed E-state index contributed by atoms with van der Waals surface area (Å²) in [4.78, 5) is 12.6. The van der Waals surface area contributed by atoms with Crippen LogP contribution in [0.1, 0.15) is 5.69 Å². The molecule has 2 N–H and O–H groups in total. The number of aryl methyl sites for hydroxylation is 1. The van der Waals surface area contributed by atoms with Gasteiger partial charge >= 0.3 is 0 Å². The number of hydrogen-bond acceptors (Lipinski definition) is 5. The van der Waals surface area contributed by atoms with Crippen LogP contribution in [0.5, 0.6) is 0 Å². The number of azo groups is 1. The van der Waals surface area contributed by atoms with Gasteiger partial charge in [0.2, 0.25) is 0 Å². The fourth-order valence-electron chi connectivity index (χ4n) is 2.80. The summed E-state index contributed by atoms with van der Waals surface area (Å²) >= 11 is 5.13. The molecular formula is C19H17N7OS. The molecule has 8 nitrogen and oxygen atoms in total. The van der Waals surface area contributed by atoms with E-state index in [0.29, 0.717) is 16.2 Å². The molecule has 0 aliphatic rings. The van der Waals surface area contributed by atoms with Crippen LogP contribution in [0.2, 0.25) is 0 Å². The molecule has 0 atom stereocenters. The van der Waals surface area contributed by atoms with Crippen LogP contribution in [0.15, 0.2) is 69.6 Å². The molecule has 0 amide bonds. The van der Waals surface area contributed by atoms with Crippen molar-refractivity contribution in [1.29, 1.82) is 0 Å². The van der Waals surface area contributed by atoms with Crippen molar-refractivity contribution < 1.29 is 0 Å². The third-order valence-corrected chi connectivity index (χ3v) is 4.69. The maximum absolute atomic E-state index is 12.6. The molecule has 2 heterocycles. The molecule has 0 spiro atoms. The molecule has 0 bridgehead atoms. The van der Waals surface area contributed by atoms with E-state index in [4.69, 9.17) is 12.2 Å². The zero-order chi connectivity index (χ0) is 19.7. The Hall–Kier alpha value is -3.59. The summed E-state index contributed by atoms with van der Waals surface area (Å²) in [5.41, 5.74) is 2.96. The molecule has 9 heteroatoms. The van der Waals surface area contributed by atoms with Gasteiger partial charge in [-0.3, -0.25) is 15.0 Å². The lowest BCUT2D eigenvalue weighted by atomic mass is 10.2. The summed E-state index contributed by atoms with van der Waals surface area (Å²) in [6.45, 7) is 1.79. The van der Waals surface area contributed by atoms with Gasteiger partial charge in [-0.15, -0.1) is 5.11 Å². The van der Waals surface area contributed by atoms with Gasteiger partial charge in [-0.25, -0.2) is 4.68 Å². The van der Waals surface area contributed by atoms with Crippen molar-refractivity contribution in [1.82, 2.24) is 24.5 Å². The lowest BCUT2D eigenvalue weighted by molar-refractivity contribution is 0.835. The van der Waals surface area contributed by atoms with Gasteiger partial charge in [0.25, 0.3) is 5.56 Å². The second kappa shape index (κ2) is 7.20. The van der Waals surface area contributed by atoms with E-state index in [1.807, 2.05) is 61.6 Å². The zero-order valence-electron chi connectivity index (χ0n) is 15.2. The Morgan fingerprint density at radius 3 is 2.39 bits per heavy atom. The summed E-state index contributed by atoms with van der Waals surface area (Å²) in [7, 11) is 1.85. The Labute approximate surface area is 165 Å². The van der Waals surface area contributed by atoms with Crippen molar-refractivity contribution in [2.75, 3.05) is 0 Å². The van der Waals surface area contributed by atoms with Gasteiger partial charge in [-0.05, 0) is 55.5 Å². The second-order valence-electron chi connectivity index (χ2n) is 6.22. The molecule has 0 aliphatic heterocycles. The largest absolute Gasteiger partial charge is 0.303 e. The summed E-state index contributed by atoms with van der Waals surface area (Å²) in [5, 5.41) is 18.4. The standard InChI is InChI=1S/C19H17N7OS/c1-12-16(18(27)26(24-12)15-6-4-3-5-7-15)21-20-14-10-8-13(9-11-14)17-22-23-19(28)25(17)2/h3-11,24H,1-2H3,(H,23,28). The van der Waals surface area contributed by atoms with Crippen LogP contribution in [0.3, 0.4) is 0 Å². The first kappa shape index (κ1) is 17.8. The van der Waals surface area contributed by atoms with Gasteiger partial charge in [-0.1, -0.05) is 18.2 Å². The first-order valence-corrected chi connectivity index (χ1v) is 8.96. The Kier molecular flexibility index (Phi) is 4.58. The average molecular weight is 391 g/mol. The van der Waals surface area contributed by atoms with Crippen LogP contribution in [-0.4, -0.2) is 24.5 Å². The van der Waals surface area contributed by atoms with E-state index < -0.39 is 0 Å². The lowest BCUT2D eigenvalue weighted by Gasteiger charge is -2.00. The van der Waals surface area contributed by atoms with E-state index in [1.165, 1.54) is 4.68 Å². The van der Waals surface area contributed by atoms with Crippen molar-refractivity contribution in [3.05, 3.63) is 75.4 Å². The number of aromatic amines is 2. The number of hydrogen-bond donors (Lipinski definition) is 2. The Balaban J connectivity index is 1.62. The van der Waals surface area contributed by atoms with E-state index in [1.54, 1.807) is 11.5 Å². The van der Waals surface area contributed by atoms with E-state index in [9.17, 15) is 4.79 Å². The quantitative estimate of drug-likeness (QED) is 0.400. The van der Waals surface area contributed by atoms with E-state index >= 15 is 0 Å². The van der Waals surface area contributed by atoms with Gasteiger partial charge in [-0.2, -0.15) is 10.2 Å². The number of rotatable bonds is 4. The fraction of sp³-hybridized carbons (Fsp3) is 0.105. The fourth-order valence-corrected chi connectivity index (χ4v) is 2.94. The molecule has 28 heavy (non-hydrogen) atoms. The summed E-state index contributed by atoms with van der Waals surface area (Å²) < 4.78 is 3.80. The highest BCUT2D eigenvalue weighted by Gasteiger charge is 2.12. The molecule has 0 fully saturated rings. The number of nitrogens with zero attached hydrogens (tertiary/aromatic N) is 5. The van der Waals surface area contributed by atoms with E-state index in [-0.39, 0.29) is 11.2 Å². The monoisotopic (exact) mass is 391 g/mol. The Morgan fingerprint density at radius 2 is 1.75 bits per heavy atom. The van der Waals surface area contributed by atoms with Crippen molar-refractivity contribution in [3.63, 3.8) is 0 Å². The van der Waals surface area contributed by atoms with Crippen LogP contribution < -0.4 is 5.56 Å². The van der Waals surface area contributed by atoms with Crippen molar-refractivity contribution in [2.45, 2.75) is 6.92 Å². The van der Waals surface area contributed by atoms with Crippen LogP contribution in [0.4, 0.5) is 11.4 Å². The highest BCUT2D eigenvalue weighted by atomic mass is 32.1. The van der Waals surface area contributed by atoms with Gasteiger partial charge in [0.05, 0.1) is 17.1 Å². The minimum absolute atomic E-state index is 0.245. The molecule has 0 saturated heterocycles. The molecule has 0 aliphatic carbocycles. The molecule has 4 rings (SSSR count). The molecular weight excluding hydrogens is 374 g/mol. The average Bonchev–Trinajstić information content (AvgIpc) is 3.20. The molecule has 0 radical (unpaired) electrons. The molecule has 0 saturated carbocycles. The van der Waals surface area contributed by atoms with Crippen LogP contribution in [0, 0.1) is 11.7 Å². The Morgan fingerprint density at radius 1 is 1.04 bits per heavy atom. The molecule has 4 aromatic rings. The number of para-hydroxylation sites is 1. The lowest BCUT2D eigenvalue weighted by Crippen LogP contribution is -2.13. The topological polar surface area (TPSA) is 96.1 Å². The number of H-pyrrole nitrogens is 2. The predicted molar refractivity (Wildman–Crippen MR) is 109 cm³/mol. The first-order valence-electron chi connectivity index (χ1n) is 8.55. The highest BCUT2D eigenvalue weighted by molar-refractivity contribution is 7.71. The van der Waals surface area contributed by atoms with Crippen LogP contribution in [-0.2, 0) is 7.05 Å². The molecule has 0 unspecified atom stereocenters. The Bertz CT molecular complexity index is 1260. The maximum Gasteiger partial charge on any atom is 0.299 e. The van der Waals surface area contributed by atoms with Crippen molar-refractivity contribution in [2.24, 2.45) is 17.3 Å². The van der Waals surface area contributed by atoms with E-state index in [2.05, 4.69) is 25.5 Å². The molecule has 140 valence electrons. The number of nitrogens with one attached hydrogen (secondary N) is 2. The minimum atomic E-state index is -0.245. The zero-order valence-corrected chi connectivity index (χ0v) is 16.1. The molecule has 2 aromatic carbocycles. The minimum Gasteiger partial charge on any atom is -0.303 e. The predicted octanol–water partition coefficient (Wildman–Crippen LogP) is 4.35. The summed E-state index contributed by atoms with van der Waals surface area (Å²) in [5.74, 6) is 0.737. The van der Waals surface area contributed by atoms with Gasteiger partial charge in [0.1, 0.15) is 0 Å². The third-order valence-electron chi connectivity index (χ3n) is 4.33. The van der Waals surface area contributed by atoms with Crippen molar-refractivity contribution >= 4 is 23.6 Å².